The van der Waals surface area contributed by atoms with E-state index in [-0.39, 0.29) is 23.9 Å². The molecular formula is C18H24N4O3. The highest BCUT2D eigenvalue weighted by Crippen LogP contribution is 2.26. The van der Waals surface area contributed by atoms with Gasteiger partial charge >= 0.3 is 6.03 Å². The summed E-state index contributed by atoms with van der Waals surface area (Å²) >= 11 is 0. The molecule has 1 fully saturated rings. The van der Waals surface area contributed by atoms with E-state index in [9.17, 15) is 15.0 Å². The summed E-state index contributed by atoms with van der Waals surface area (Å²) in [4.78, 5) is 14.7. The average Bonchev–Trinajstić information content (AvgIpc) is 2.98. The van der Waals surface area contributed by atoms with Gasteiger partial charge in [-0.05, 0) is 43.4 Å². The maximum atomic E-state index is 12.9. The molecular weight excluding hydrogens is 320 g/mol. The summed E-state index contributed by atoms with van der Waals surface area (Å²) in [5, 5.41) is 26.4. The smallest absolute Gasteiger partial charge is 0.323 e. The standard InChI is InChI=1S/C18H24N4O3/c1-21-17(9-10-19-21)20-18(25)22(14-5-7-15(23)8-6-14)12-13-3-2-4-16(24)11-13/h2-4,9-11,14-15,23-24H,5-8,12H2,1H3,(H,20,25). The number of urea groups is 1. The highest BCUT2D eigenvalue weighted by molar-refractivity contribution is 5.88. The second-order valence-electron chi connectivity index (χ2n) is 6.53. The fraction of sp³-hybridized carbons (Fsp3) is 0.444. The zero-order valence-electron chi connectivity index (χ0n) is 14.3. The van der Waals surface area contributed by atoms with Crippen molar-refractivity contribution in [1.29, 1.82) is 0 Å². The number of rotatable bonds is 4. The molecule has 0 bridgehead atoms. The Morgan fingerprint density at radius 2 is 2.08 bits per heavy atom. The Morgan fingerprint density at radius 1 is 1.32 bits per heavy atom. The molecule has 134 valence electrons. The van der Waals surface area contributed by atoms with Crippen molar-refractivity contribution in [3.8, 4) is 5.75 Å². The van der Waals surface area contributed by atoms with Gasteiger partial charge in [-0.15, -0.1) is 0 Å². The minimum absolute atomic E-state index is 0.0546. The molecule has 25 heavy (non-hydrogen) atoms. The molecule has 3 rings (SSSR count). The number of aromatic nitrogens is 2. The van der Waals surface area contributed by atoms with Gasteiger partial charge in [0, 0.05) is 25.7 Å². The highest BCUT2D eigenvalue weighted by atomic mass is 16.3. The number of aliphatic hydroxyl groups is 1. The lowest BCUT2D eigenvalue weighted by Gasteiger charge is -2.35. The number of phenolic OH excluding ortho intramolecular Hbond substituents is 1. The summed E-state index contributed by atoms with van der Waals surface area (Å²) in [5.74, 6) is 0.810. The van der Waals surface area contributed by atoms with Crippen LogP contribution in [0.1, 0.15) is 31.2 Å². The van der Waals surface area contributed by atoms with Gasteiger partial charge in [-0.2, -0.15) is 5.10 Å². The SMILES string of the molecule is Cn1nccc1NC(=O)N(Cc1cccc(O)c1)C1CCC(O)CC1. The molecule has 2 aromatic rings. The third kappa shape index (κ3) is 4.30. The van der Waals surface area contributed by atoms with Crippen molar-refractivity contribution < 1.29 is 15.0 Å². The first-order valence-corrected chi connectivity index (χ1v) is 8.54. The first kappa shape index (κ1) is 17.3. The van der Waals surface area contributed by atoms with Crippen LogP contribution < -0.4 is 5.32 Å². The molecule has 2 amide bonds. The molecule has 1 aromatic carbocycles. The van der Waals surface area contributed by atoms with Crippen LogP contribution in [0.2, 0.25) is 0 Å². The quantitative estimate of drug-likeness (QED) is 0.795. The van der Waals surface area contributed by atoms with Crippen LogP contribution in [0.5, 0.6) is 5.75 Å². The number of aryl methyl sites for hydroxylation is 1. The topological polar surface area (TPSA) is 90.6 Å². The Balaban J connectivity index is 1.78. The number of nitrogens with one attached hydrogen (secondary N) is 1. The van der Waals surface area contributed by atoms with E-state index in [0.717, 1.165) is 18.4 Å². The lowest BCUT2D eigenvalue weighted by atomic mass is 9.92. The Kier molecular flexibility index (Phi) is 5.23. The van der Waals surface area contributed by atoms with Gasteiger partial charge < -0.3 is 15.1 Å². The molecule has 7 heteroatoms. The van der Waals surface area contributed by atoms with E-state index < -0.39 is 0 Å². The van der Waals surface area contributed by atoms with Crippen LogP contribution in [0.15, 0.2) is 36.5 Å². The number of aliphatic hydroxyl groups excluding tert-OH is 1. The van der Waals surface area contributed by atoms with E-state index in [1.807, 2.05) is 6.07 Å². The zero-order valence-corrected chi connectivity index (χ0v) is 14.3. The van der Waals surface area contributed by atoms with Crippen molar-refractivity contribution >= 4 is 11.8 Å². The number of hydrogen-bond donors (Lipinski definition) is 3. The van der Waals surface area contributed by atoms with E-state index in [2.05, 4.69) is 10.4 Å². The molecule has 0 spiro atoms. The summed E-state index contributed by atoms with van der Waals surface area (Å²) in [5.41, 5.74) is 0.867. The molecule has 1 heterocycles. The van der Waals surface area contributed by atoms with Gasteiger partial charge in [0.1, 0.15) is 11.6 Å². The molecule has 7 nitrogen and oxygen atoms in total. The van der Waals surface area contributed by atoms with Gasteiger partial charge in [0.05, 0.1) is 12.3 Å². The largest absolute Gasteiger partial charge is 0.508 e. The first-order chi connectivity index (χ1) is 12.0. The van der Waals surface area contributed by atoms with Crippen molar-refractivity contribution in [3.05, 3.63) is 42.1 Å². The number of aromatic hydroxyl groups is 1. The normalized spacial score (nSPS) is 20.2. The van der Waals surface area contributed by atoms with E-state index in [0.29, 0.717) is 25.2 Å². The summed E-state index contributed by atoms with van der Waals surface area (Å²) in [6, 6.07) is 8.54. The van der Waals surface area contributed by atoms with Crippen LogP contribution in [0, 0.1) is 0 Å². The van der Waals surface area contributed by atoms with Crippen LogP contribution >= 0.6 is 0 Å². The van der Waals surface area contributed by atoms with E-state index >= 15 is 0 Å². The highest BCUT2D eigenvalue weighted by Gasteiger charge is 2.28. The van der Waals surface area contributed by atoms with Crippen LogP contribution in [0.3, 0.4) is 0 Å². The Hall–Kier alpha value is -2.54. The number of benzene rings is 1. The molecule has 0 aliphatic heterocycles. The predicted molar refractivity (Wildman–Crippen MR) is 94.1 cm³/mol. The number of anilines is 1. The fourth-order valence-electron chi connectivity index (χ4n) is 3.27. The predicted octanol–water partition coefficient (Wildman–Crippen LogP) is 2.46. The maximum absolute atomic E-state index is 12.9. The molecule has 1 aliphatic rings. The second-order valence-corrected chi connectivity index (χ2v) is 6.53. The number of hydrogen-bond acceptors (Lipinski definition) is 4. The lowest BCUT2D eigenvalue weighted by Crippen LogP contribution is -2.44. The van der Waals surface area contributed by atoms with Gasteiger partial charge in [0.25, 0.3) is 0 Å². The summed E-state index contributed by atoms with van der Waals surface area (Å²) in [7, 11) is 1.77. The van der Waals surface area contributed by atoms with Crippen molar-refractivity contribution in [2.75, 3.05) is 5.32 Å². The number of amides is 2. The third-order valence-corrected chi connectivity index (χ3v) is 4.69. The zero-order chi connectivity index (χ0) is 17.8. The first-order valence-electron chi connectivity index (χ1n) is 8.54. The van der Waals surface area contributed by atoms with Crippen molar-refractivity contribution in [2.45, 2.75) is 44.4 Å². The van der Waals surface area contributed by atoms with Gasteiger partial charge in [-0.3, -0.25) is 10.00 Å². The van der Waals surface area contributed by atoms with Crippen LogP contribution in [0.4, 0.5) is 10.6 Å². The number of carbonyl (C=O) groups is 1. The molecule has 0 radical (unpaired) electrons. The minimum atomic E-state index is -0.279. The Bertz CT molecular complexity index is 723. The maximum Gasteiger partial charge on any atom is 0.323 e. The average molecular weight is 344 g/mol. The fourth-order valence-corrected chi connectivity index (χ4v) is 3.27. The molecule has 0 atom stereocenters. The van der Waals surface area contributed by atoms with Crippen molar-refractivity contribution in [3.63, 3.8) is 0 Å². The molecule has 1 saturated carbocycles. The van der Waals surface area contributed by atoms with E-state index in [1.165, 1.54) is 0 Å². The van der Waals surface area contributed by atoms with Crippen LogP contribution in [-0.4, -0.2) is 43.1 Å². The summed E-state index contributed by atoms with van der Waals surface area (Å²) in [6.07, 6.45) is 4.27. The lowest BCUT2D eigenvalue weighted by molar-refractivity contribution is 0.0849. The molecule has 0 saturated heterocycles. The summed E-state index contributed by atoms with van der Waals surface area (Å²) in [6.45, 7) is 0.402. The van der Waals surface area contributed by atoms with Crippen LogP contribution in [0.25, 0.3) is 0 Å². The van der Waals surface area contributed by atoms with E-state index in [1.54, 1.807) is 47.1 Å². The van der Waals surface area contributed by atoms with Gasteiger partial charge in [0.15, 0.2) is 0 Å². The molecule has 1 aliphatic carbocycles. The number of phenols is 1. The summed E-state index contributed by atoms with van der Waals surface area (Å²) < 4.78 is 1.61. The number of nitrogens with zero attached hydrogens (tertiary/aromatic N) is 3. The second kappa shape index (κ2) is 7.57. The molecule has 0 unspecified atom stereocenters. The third-order valence-electron chi connectivity index (χ3n) is 4.69. The van der Waals surface area contributed by atoms with Gasteiger partial charge in [-0.1, -0.05) is 12.1 Å². The van der Waals surface area contributed by atoms with Gasteiger partial charge in [-0.25, -0.2) is 4.79 Å². The van der Waals surface area contributed by atoms with Crippen molar-refractivity contribution in [1.82, 2.24) is 14.7 Å². The van der Waals surface area contributed by atoms with E-state index in [4.69, 9.17) is 0 Å². The monoisotopic (exact) mass is 344 g/mol. The van der Waals surface area contributed by atoms with Crippen LogP contribution in [-0.2, 0) is 13.6 Å². The number of carbonyl (C=O) groups excluding carboxylic acids is 1. The molecule has 3 N–H and O–H groups in total. The van der Waals surface area contributed by atoms with Gasteiger partial charge in [0.2, 0.25) is 0 Å². The minimum Gasteiger partial charge on any atom is -0.508 e. The Morgan fingerprint density at radius 3 is 2.72 bits per heavy atom. The Labute approximate surface area is 146 Å². The molecule has 1 aromatic heterocycles. The van der Waals surface area contributed by atoms with Crippen molar-refractivity contribution in [2.24, 2.45) is 7.05 Å².